The minimum absolute atomic E-state index is 0.0202. The van der Waals surface area contributed by atoms with Crippen LogP contribution in [0.25, 0.3) is 0 Å². The van der Waals surface area contributed by atoms with Crippen molar-refractivity contribution >= 4 is 29.5 Å². The number of benzene rings is 1. The van der Waals surface area contributed by atoms with Crippen LogP contribution in [0.4, 0.5) is 0 Å². The van der Waals surface area contributed by atoms with Crippen LogP contribution < -0.4 is 10.6 Å². The van der Waals surface area contributed by atoms with Crippen LogP contribution in [0.1, 0.15) is 58.1 Å². The van der Waals surface area contributed by atoms with Crippen molar-refractivity contribution in [3.05, 3.63) is 35.9 Å². The zero-order chi connectivity index (χ0) is 24.0. The average molecular weight is 474 g/mol. The predicted molar refractivity (Wildman–Crippen MR) is 128 cm³/mol. The average Bonchev–Trinajstić information content (AvgIpc) is 3.36. The predicted octanol–water partition coefficient (Wildman–Crippen LogP) is 2.25. The molecule has 3 heterocycles. The molecule has 3 aliphatic heterocycles. The first-order valence-electron chi connectivity index (χ1n) is 11.9. The van der Waals surface area contributed by atoms with Crippen molar-refractivity contribution in [1.29, 1.82) is 0 Å². The maximum Gasteiger partial charge on any atom is 0.244 e. The number of amides is 3. The highest BCUT2D eigenvalue weighted by atomic mass is 32.2. The zero-order valence-electron chi connectivity index (χ0n) is 19.8. The summed E-state index contributed by atoms with van der Waals surface area (Å²) < 4.78 is -1.07. The molecule has 0 aromatic heterocycles. The Morgan fingerprint density at radius 3 is 2.55 bits per heavy atom. The van der Waals surface area contributed by atoms with Crippen LogP contribution in [-0.2, 0) is 14.4 Å². The Hall–Kier alpha value is -2.06. The van der Waals surface area contributed by atoms with E-state index in [1.807, 2.05) is 37.3 Å². The molecule has 180 valence electrons. The minimum Gasteiger partial charge on any atom is -0.394 e. The third kappa shape index (κ3) is 3.66. The van der Waals surface area contributed by atoms with Gasteiger partial charge in [-0.2, -0.15) is 0 Å². The first-order valence-corrected chi connectivity index (χ1v) is 12.8. The van der Waals surface area contributed by atoms with Crippen LogP contribution in [0.3, 0.4) is 0 Å². The van der Waals surface area contributed by atoms with Crippen LogP contribution in [0, 0.1) is 11.8 Å². The third-order valence-electron chi connectivity index (χ3n) is 7.80. The summed E-state index contributed by atoms with van der Waals surface area (Å²) in [6.07, 6.45) is 3.26. The highest BCUT2D eigenvalue weighted by molar-refractivity contribution is 8.02. The van der Waals surface area contributed by atoms with Crippen molar-refractivity contribution in [3.8, 4) is 0 Å². The first kappa shape index (κ1) is 24.1. The summed E-state index contributed by atoms with van der Waals surface area (Å²) in [6, 6.07) is 7.95. The standard InChI is InChI=1S/C25H35N3O4S/c1-5-9-15(2)27-22(31)20-25-13-12-24(3,33-25)18(21(30)26-4)19(25)23(32)28(20)17(14-29)16-10-7-6-8-11-16/h6-8,10-11,15,17-20,29H,5,9,12-14H2,1-4H3,(H,26,30)(H,27,31)/t15?,17-,18+,19+,20?,24-,25?/m1/s1. The lowest BCUT2D eigenvalue weighted by Crippen LogP contribution is -2.56. The lowest BCUT2D eigenvalue weighted by Gasteiger charge is -2.37. The second kappa shape index (κ2) is 8.95. The molecule has 3 amide bonds. The molecule has 33 heavy (non-hydrogen) atoms. The van der Waals surface area contributed by atoms with E-state index in [-0.39, 0.29) is 35.1 Å². The Morgan fingerprint density at radius 2 is 1.94 bits per heavy atom. The van der Waals surface area contributed by atoms with Crippen molar-refractivity contribution in [2.45, 2.75) is 74.1 Å². The fraction of sp³-hybridized carbons (Fsp3) is 0.640. The van der Waals surface area contributed by atoms with Gasteiger partial charge in [0.05, 0.1) is 29.2 Å². The number of nitrogens with zero attached hydrogens (tertiary/aromatic N) is 1. The smallest absolute Gasteiger partial charge is 0.244 e. The summed E-state index contributed by atoms with van der Waals surface area (Å²) in [5.41, 5.74) is 0.784. The molecule has 0 aliphatic carbocycles. The maximum absolute atomic E-state index is 14.1. The third-order valence-corrected chi connectivity index (χ3v) is 9.78. The van der Waals surface area contributed by atoms with Gasteiger partial charge in [-0.1, -0.05) is 43.7 Å². The number of hydrogen-bond acceptors (Lipinski definition) is 5. The van der Waals surface area contributed by atoms with Gasteiger partial charge in [-0.25, -0.2) is 0 Å². The van der Waals surface area contributed by atoms with E-state index in [4.69, 9.17) is 0 Å². The van der Waals surface area contributed by atoms with Crippen LogP contribution in [0.2, 0.25) is 0 Å². The van der Waals surface area contributed by atoms with Crippen LogP contribution >= 0.6 is 11.8 Å². The maximum atomic E-state index is 14.1. The van der Waals surface area contributed by atoms with E-state index >= 15 is 0 Å². The first-order chi connectivity index (χ1) is 15.7. The Kier molecular flexibility index (Phi) is 6.53. The Balaban J connectivity index is 1.81. The summed E-state index contributed by atoms with van der Waals surface area (Å²) in [5, 5.41) is 16.3. The molecule has 3 unspecified atom stereocenters. The van der Waals surface area contributed by atoms with E-state index in [1.165, 1.54) is 0 Å². The van der Waals surface area contributed by atoms with Crippen LogP contribution in [0.5, 0.6) is 0 Å². The van der Waals surface area contributed by atoms with Gasteiger partial charge in [0.1, 0.15) is 6.04 Å². The van der Waals surface area contributed by atoms with Gasteiger partial charge in [0.2, 0.25) is 17.7 Å². The van der Waals surface area contributed by atoms with Gasteiger partial charge >= 0.3 is 0 Å². The monoisotopic (exact) mass is 473 g/mol. The SMILES string of the molecule is CCCC(C)NC(=O)C1N([C@H](CO)c2ccccc2)C(=O)[C@@H]2[C@@H](C(=O)NC)[C@@]3(C)CCC12S3. The van der Waals surface area contributed by atoms with Gasteiger partial charge in [0.25, 0.3) is 0 Å². The molecule has 2 bridgehead atoms. The van der Waals surface area contributed by atoms with E-state index in [1.54, 1.807) is 23.7 Å². The Bertz CT molecular complexity index is 927. The molecule has 1 spiro atoms. The van der Waals surface area contributed by atoms with E-state index in [2.05, 4.69) is 24.5 Å². The molecule has 1 aromatic carbocycles. The summed E-state index contributed by atoms with van der Waals surface area (Å²) in [5.74, 6) is -1.62. The quantitative estimate of drug-likeness (QED) is 0.538. The summed E-state index contributed by atoms with van der Waals surface area (Å²) in [6.45, 7) is 5.81. The topological polar surface area (TPSA) is 98.7 Å². The highest BCUT2D eigenvalue weighted by Crippen LogP contribution is 2.71. The summed E-state index contributed by atoms with van der Waals surface area (Å²) in [7, 11) is 1.60. The largest absolute Gasteiger partial charge is 0.394 e. The number of carbonyl (C=O) groups excluding carboxylic acids is 3. The van der Waals surface area contributed by atoms with E-state index in [9.17, 15) is 19.5 Å². The van der Waals surface area contributed by atoms with Gasteiger partial charge in [-0.05, 0) is 38.7 Å². The van der Waals surface area contributed by atoms with Gasteiger partial charge in [0, 0.05) is 17.8 Å². The van der Waals surface area contributed by atoms with Crippen molar-refractivity contribution in [1.82, 2.24) is 15.5 Å². The lowest BCUT2D eigenvalue weighted by molar-refractivity contribution is -0.143. The molecular weight excluding hydrogens is 438 g/mol. The van der Waals surface area contributed by atoms with Gasteiger partial charge in [0.15, 0.2) is 0 Å². The second-order valence-corrected chi connectivity index (χ2v) is 11.8. The molecule has 7 nitrogen and oxygen atoms in total. The molecule has 0 radical (unpaired) electrons. The van der Waals surface area contributed by atoms with E-state index < -0.39 is 28.7 Å². The normalized spacial score (nSPS) is 34.2. The fourth-order valence-corrected chi connectivity index (χ4v) is 8.75. The Morgan fingerprint density at radius 1 is 1.24 bits per heavy atom. The molecule has 0 saturated carbocycles. The van der Waals surface area contributed by atoms with Gasteiger partial charge in [-0.3, -0.25) is 14.4 Å². The number of likely N-dealkylation sites (tertiary alicyclic amines) is 1. The second-order valence-electron chi connectivity index (χ2n) is 9.89. The molecule has 3 fully saturated rings. The van der Waals surface area contributed by atoms with E-state index in [0.29, 0.717) is 6.42 Å². The molecule has 4 rings (SSSR count). The van der Waals surface area contributed by atoms with E-state index in [0.717, 1.165) is 24.8 Å². The number of rotatable bonds is 8. The molecule has 3 saturated heterocycles. The van der Waals surface area contributed by atoms with Crippen LogP contribution in [0.15, 0.2) is 30.3 Å². The molecule has 3 N–H and O–H groups in total. The molecule has 1 aromatic rings. The van der Waals surface area contributed by atoms with Crippen molar-refractivity contribution in [3.63, 3.8) is 0 Å². The molecule has 8 heteroatoms. The summed E-state index contributed by atoms with van der Waals surface area (Å²) >= 11 is 1.65. The van der Waals surface area contributed by atoms with Crippen molar-refractivity contribution in [2.24, 2.45) is 11.8 Å². The number of thioether (sulfide) groups is 1. The number of aliphatic hydroxyl groups excluding tert-OH is 1. The minimum atomic E-state index is -0.742. The number of nitrogens with one attached hydrogen (secondary N) is 2. The molecule has 7 atom stereocenters. The Labute approximate surface area is 200 Å². The fourth-order valence-electron chi connectivity index (χ4n) is 6.41. The van der Waals surface area contributed by atoms with Gasteiger partial charge in [-0.15, -0.1) is 11.8 Å². The number of hydrogen-bond donors (Lipinski definition) is 3. The van der Waals surface area contributed by atoms with Crippen LogP contribution in [-0.4, -0.2) is 63.0 Å². The molecular formula is C25H35N3O4S. The van der Waals surface area contributed by atoms with Gasteiger partial charge < -0.3 is 20.6 Å². The lowest BCUT2D eigenvalue weighted by atomic mass is 9.66. The summed E-state index contributed by atoms with van der Waals surface area (Å²) in [4.78, 5) is 42.5. The highest BCUT2D eigenvalue weighted by Gasteiger charge is 2.77. The van der Waals surface area contributed by atoms with Crippen molar-refractivity contribution in [2.75, 3.05) is 13.7 Å². The number of carbonyl (C=O) groups is 3. The number of fused-ring (bicyclic) bond motifs is 1. The zero-order valence-corrected chi connectivity index (χ0v) is 20.7. The molecule has 3 aliphatic rings. The number of aliphatic hydroxyl groups is 1. The van der Waals surface area contributed by atoms with Crippen molar-refractivity contribution < 1.29 is 19.5 Å².